The van der Waals surface area contributed by atoms with Crippen molar-refractivity contribution in [1.82, 2.24) is 20.4 Å². The summed E-state index contributed by atoms with van der Waals surface area (Å²) in [5, 5.41) is 6.89. The lowest BCUT2D eigenvalue weighted by Crippen LogP contribution is -2.39. The number of urea groups is 1. The molecular weight excluding hydrogens is 304 g/mol. The Bertz CT molecular complexity index is 738. The van der Waals surface area contributed by atoms with E-state index in [0.717, 1.165) is 38.1 Å². The van der Waals surface area contributed by atoms with Gasteiger partial charge in [-0.05, 0) is 38.2 Å². The van der Waals surface area contributed by atoms with Crippen molar-refractivity contribution in [2.45, 2.75) is 51.1 Å². The lowest BCUT2D eigenvalue weighted by Gasteiger charge is -2.25. The SMILES string of the molecule is Cc1cccc(C2CCCN2C(=O)NCc2nc(C3CC3)no2)c1. The Hall–Kier alpha value is -2.37. The summed E-state index contributed by atoms with van der Waals surface area (Å²) in [4.78, 5) is 18.8. The van der Waals surface area contributed by atoms with Crippen molar-refractivity contribution in [1.29, 1.82) is 0 Å². The molecule has 24 heavy (non-hydrogen) atoms. The number of carbonyl (C=O) groups excluding carboxylic acids is 1. The molecule has 6 heteroatoms. The molecule has 2 heterocycles. The summed E-state index contributed by atoms with van der Waals surface area (Å²) < 4.78 is 5.21. The molecular formula is C18H22N4O2. The molecule has 0 radical (unpaired) electrons. The van der Waals surface area contributed by atoms with Crippen LogP contribution in [0.5, 0.6) is 0 Å². The Labute approximate surface area is 141 Å². The lowest BCUT2D eigenvalue weighted by molar-refractivity contribution is 0.191. The first kappa shape index (κ1) is 15.2. The molecule has 2 fully saturated rings. The Morgan fingerprint density at radius 3 is 3.04 bits per heavy atom. The molecule has 0 bridgehead atoms. The van der Waals surface area contributed by atoms with E-state index in [4.69, 9.17) is 4.52 Å². The van der Waals surface area contributed by atoms with Gasteiger partial charge in [0.05, 0.1) is 12.6 Å². The fraction of sp³-hybridized carbons (Fsp3) is 0.500. The van der Waals surface area contributed by atoms with Crippen LogP contribution in [0.25, 0.3) is 0 Å². The molecule has 2 aromatic rings. The third-order valence-electron chi connectivity index (χ3n) is 4.76. The molecule has 1 saturated heterocycles. The van der Waals surface area contributed by atoms with E-state index in [0.29, 0.717) is 11.8 Å². The summed E-state index contributed by atoms with van der Waals surface area (Å²) in [6, 6.07) is 8.48. The molecule has 1 aromatic carbocycles. The van der Waals surface area contributed by atoms with Crippen LogP contribution in [0, 0.1) is 6.92 Å². The zero-order chi connectivity index (χ0) is 16.5. The highest BCUT2D eigenvalue weighted by molar-refractivity contribution is 5.75. The van der Waals surface area contributed by atoms with Crippen molar-refractivity contribution in [2.24, 2.45) is 0 Å². The number of rotatable bonds is 4. The largest absolute Gasteiger partial charge is 0.337 e. The van der Waals surface area contributed by atoms with Crippen LogP contribution in [0.2, 0.25) is 0 Å². The Balaban J connectivity index is 1.39. The van der Waals surface area contributed by atoms with Crippen molar-refractivity contribution in [3.63, 3.8) is 0 Å². The minimum absolute atomic E-state index is 0.0646. The number of benzene rings is 1. The molecule has 1 N–H and O–H groups in total. The minimum Gasteiger partial charge on any atom is -0.337 e. The normalized spacial score (nSPS) is 20.4. The first-order valence-corrected chi connectivity index (χ1v) is 8.64. The Morgan fingerprint density at radius 2 is 2.25 bits per heavy atom. The van der Waals surface area contributed by atoms with Crippen LogP contribution in [0.3, 0.4) is 0 Å². The Kier molecular flexibility index (Phi) is 3.96. The fourth-order valence-electron chi connectivity index (χ4n) is 3.33. The molecule has 126 valence electrons. The summed E-state index contributed by atoms with van der Waals surface area (Å²) in [5.74, 6) is 1.72. The number of nitrogens with one attached hydrogen (secondary N) is 1. The van der Waals surface area contributed by atoms with Gasteiger partial charge in [0, 0.05) is 12.5 Å². The van der Waals surface area contributed by atoms with E-state index in [2.05, 4.69) is 46.6 Å². The van der Waals surface area contributed by atoms with Gasteiger partial charge in [-0.2, -0.15) is 4.98 Å². The molecule has 0 spiro atoms. The van der Waals surface area contributed by atoms with Crippen molar-refractivity contribution in [2.75, 3.05) is 6.54 Å². The van der Waals surface area contributed by atoms with E-state index in [1.807, 2.05) is 4.90 Å². The second-order valence-electron chi connectivity index (χ2n) is 6.74. The zero-order valence-corrected chi connectivity index (χ0v) is 13.9. The first-order chi connectivity index (χ1) is 11.7. The van der Waals surface area contributed by atoms with E-state index in [9.17, 15) is 4.79 Å². The van der Waals surface area contributed by atoms with Crippen LogP contribution in [0.15, 0.2) is 28.8 Å². The van der Waals surface area contributed by atoms with Crippen LogP contribution in [0.1, 0.15) is 60.5 Å². The molecule has 6 nitrogen and oxygen atoms in total. The number of aromatic nitrogens is 2. The van der Waals surface area contributed by atoms with Crippen LogP contribution in [-0.2, 0) is 6.54 Å². The second-order valence-corrected chi connectivity index (χ2v) is 6.74. The number of carbonyl (C=O) groups is 1. The van der Waals surface area contributed by atoms with Crippen LogP contribution in [0.4, 0.5) is 4.79 Å². The molecule has 1 unspecified atom stereocenters. The highest BCUT2D eigenvalue weighted by Gasteiger charge is 2.31. The van der Waals surface area contributed by atoms with Crippen molar-refractivity contribution in [3.05, 3.63) is 47.1 Å². The van der Waals surface area contributed by atoms with Gasteiger partial charge >= 0.3 is 6.03 Å². The molecule has 4 rings (SSSR count). The van der Waals surface area contributed by atoms with Gasteiger partial charge in [-0.25, -0.2) is 4.79 Å². The average molecular weight is 326 g/mol. The van der Waals surface area contributed by atoms with Crippen LogP contribution >= 0.6 is 0 Å². The number of nitrogens with zero attached hydrogens (tertiary/aromatic N) is 3. The number of aryl methyl sites for hydroxylation is 1. The van der Waals surface area contributed by atoms with Gasteiger partial charge in [-0.15, -0.1) is 0 Å². The molecule has 1 atom stereocenters. The lowest BCUT2D eigenvalue weighted by atomic mass is 10.0. The molecule has 1 saturated carbocycles. The van der Waals surface area contributed by atoms with Gasteiger partial charge in [-0.1, -0.05) is 35.0 Å². The molecule has 1 aliphatic carbocycles. The smallest absolute Gasteiger partial charge is 0.318 e. The predicted octanol–water partition coefficient (Wildman–Crippen LogP) is 3.30. The van der Waals surface area contributed by atoms with Crippen LogP contribution < -0.4 is 5.32 Å². The number of hydrogen-bond acceptors (Lipinski definition) is 4. The number of amides is 2. The van der Waals surface area contributed by atoms with Gasteiger partial charge < -0.3 is 14.7 Å². The predicted molar refractivity (Wildman–Crippen MR) is 88.4 cm³/mol. The summed E-state index contributed by atoms with van der Waals surface area (Å²) in [6.45, 7) is 3.15. The van der Waals surface area contributed by atoms with E-state index in [1.165, 1.54) is 11.1 Å². The molecule has 2 aliphatic rings. The van der Waals surface area contributed by atoms with Crippen LogP contribution in [-0.4, -0.2) is 27.6 Å². The summed E-state index contributed by atoms with van der Waals surface area (Å²) in [5.41, 5.74) is 2.43. The standard InChI is InChI=1S/C18H22N4O2/c1-12-4-2-5-14(10-12)15-6-3-9-22(15)18(23)19-11-16-20-17(21-24-16)13-7-8-13/h2,4-5,10,13,15H,3,6-9,11H2,1H3,(H,19,23). The van der Waals surface area contributed by atoms with Crippen molar-refractivity contribution >= 4 is 6.03 Å². The van der Waals surface area contributed by atoms with E-state index < -0.39 is 0 Å². The maximum atomic E-state index is 12.6. The molecule has 1 aromatic heterocycles. The quantitative estimate of drug-likeness (QED) is 0.936. The van der Waals surface area contributed by atoms with E-state index in [-0.39, 0.29) is 18.6 Å². The fourth-order valence-corrected chi connectivity index (χ4v) is 3.33. The van der Waals surface area contributed by atoms with Gasteiger partial charge in [0.25, 0.3) is 0 Å². The second kappa shape index (κ2) is 6.26. The van der Waals surface area contributed by atoms with Crippen molar-refractivity contribution < 1.29 is 9.32 Å². The highest BCUT2D eigenvalue weighted by Crippen LogP contribution is 2.38. The highest BCUT2D eigenvalue weighted by atomic mass is 16.5. The maximum Gasteiger partial charge on any atom is 0.318 e. The van der Waals surface area contributed by atoms with Gasteiger partial charge in [0.1, 0.15) is 0 Å². The third-order valence-corrected chi connectivity index (χ3v) is 4.76. The van der Waals surface area contributed by atoms with Gasteiger partial charge in [0.2, 0.25) is 5.89 Å². The van der Waals surface area contributed by atoms with Crippen molar-refractivity contribution in [3.8, 4) is 0 Å². The zero-order valence-electron chi connectivity index (χ0n) is 13.9. The van der Waals surface area contributed by atoms with E-state index in [1.54, 1.807) is 0 Å². The summed E-state index contributed by atoms with van der Waals surface area (Å²) in [6.07, 6.45) is 4.30. The van der Waals surface area contributed by atoms with E-state index >= 15 is 0 Å². The number of hydrogen-bond donors (Lipinski definition) is 1. The maximum absolute atomic E-state index is 12.6. The Morgan fingerprint density at radius 1 is 1.38 bits per heavy atom. The first-order valence-electron chi connectivity index (χ1n) is 8.64. The average Bonchev–Trinajstić information content (AvgIpc) is 3.12. The number of likely N-dealkylation sites (tertiary alicyclic amines) is 1. The van der Waals surface area contributed by atoms with Gasteiger partial charge in [-0.3, -0.25) is 0 Å². The minimum atomic E-state index is -0.0646. The molecule has 2 amide bonds. The topological polar surface area (TPSA) is 71.3 Å². The third kappa shape index (κ3) is 3.13. The monoisotopic (exact) mass is 326 g/mol. The summed E-state index contributed by atoms with van der Waals surface area (Å²) >= 11 is 0. The molecule has 1 aliphatic heterocycles. The van der Waals surface area contributed by atoms with Gasteiger partial charge in [0.15, 0.2) is 5.82 Å². The summed E-state index contributed by atoms with van der Waals surface area (Å²) in [7, 11) is 0.